The van der Waals surface area contributed by atoms with Crippen LogP contribution in [0.2, 0.25) is 0 Å². The first-order valence-corrected chi connectivity index (χ1v) is 5.40. The summed E-state index contributed by atoms with van der Waals surface area (Å²) in [6.45, 7) is 2.71. The molecule has 0 bridgehead atoms. The van der Waals surface area contributed by atoms with E-state index in [-0.39, 0.29) is 12.4 Å². The highest BCUT2D eigenvalue weighted by atomic mass is 35.5. The Hall–Kier alpha value is -1.69. The minimum absolute atomic E-state index is 0. The largest absolute Gasteiger partial charge is 0.478 e. The molecule has 2 heterocycles. The average Bonchev–Trinajstić information content (AvgIpc) is 2.78. The van der Waals surface area contributed by atoms with Crippen molar-refractivity contribution in [3.8, 4) is 5.88 Å². The van der Waals surface area contributed by atoms with Crippen LogP contribution < -0.4 is 10.1 Å². The van der Waals surface area contributed by atoms with Crippen molar-refractivity contribution in [2.45, 2.75) is 13.5 Å². The molecule has 2 aromatic rings. The maximum Gasteiger partial charge on any atom is 0.256 e. The van der Waals surface area contributed by atoms with Gasteiger partial charge in [0.2, 0.25) is 0 Å². The average molecular weight is 272 g/mol. The van der Waals surface area contributed by atoms with Crippen molar-refractivity contribution in [1.82, 2.24) is 19.6 Å². The number of hydrogen-bond acceptors (Lipinski definition) is 4. The van der Waals surface area contributed by atoms with Crippen LogP contribution in [0.5, 0.6) is 5.88 Å². The number of aromatic nitrogens is 4. The predicted molar refractivity (Wildman–Crippen MR) is 72.3 cm³/mol. The maximum absolute atomic E-state index is 5.17. The third kappa shape index (κ3) is 2.95. The van der Waals surface area contributed by atoms with E-state index in [9.17, 15) is 0 Å². The van der Waals surface area contributed by atoms with E-state index in [0.717, 1.165) is 11.4 Å². The number of nitrogens with zero attached hydrogens (tertiary/aromatic N) is 4. The summed E-state index contributed by atoms with van der Waals surface area (Å²) in [5, 5.41) is 11.8. The number of aryl methyl sites for hydroxylation is 3. The number of halogens is 1. The Labute approximate surface area is 112 Å². The number of nitrogens with one attached hydrogen (secondary N) is 1. The minimum atomic E-state index is 0. The quantitative estimate of drug-likeness (QED) is 0.916. The summed E-state index contributed by atoms with van der Waals surface area (Å²) < 4.78 is 8.71. The molecule has 0 unspecified atom stereocenters. The van der Waals surface area contributed by atoms with E-state index in [0.29, 0.717) is 12.4 Å². The Kier molecular flexibility index (Phi) is 4.61. The molecule has 1 N–H and O–H groups in total. The fourth-order valence-electron chi connectivity index (χ4n) is 1.75. The van der Waals surface area contributed by atoms with Crippen molar-refractivity contribution in [2.75, 3.05) is 12.4 Å². The van der Waals surface area contributed by atoms with Crippen LogP contribution in [-0.4, -0.2) is 26.7 Å². The van der Waals surface area contributed by atoms with Gasteiger partial charge in [-0.2, -0.15) is 5.10 Å². The van der Waals surface area contributed by atoms with Crippen molar-refractivity contribution in [3.05, 3.63) is 23.7 Å². The highest BCUT2D eigenvalue weighted by Gasteiger charge is 2.08. The van der Waals surface area contributed by atoms with Gasteiger partial charge in [-0.25, -0.2) is 0 Å². The summed E-state index contributed by atoms with van der Waals surface area (Å²) >= 11 is 0. The normalized spacial score (nSPS) is 10.0. The molecule has 0 amide bonds. The first-order valence-electron chi connectivity index (χ1n) is 5.40. The molecule has 0 spiro atoms. The van der Waals surface area contributed by atoms with Crippen LogP contribution in [-0.2, 0) is 20.6 Å². The summed E-state index contributed by atoms with van der Waals surface area (Å²) in [4.78, 5) is 0. The van der Waals surface area contributed by atoms with Gasteiger partial charge in [0.1, 0.15) is 5.69 Å². The van der Waals surface area contributed by atoms with Gasteiger partial charge in [0, 0.05) is 32.4 Å². The van der Waals surface area contributed by atoms with Gasteiger partial charge in [0.15, 0.2) is 0 Å². The van der Waals surface area contributed by atoms with E-state index in [1.54, 1.807) is 11.8 Å². The lowest BCUT2D eigenvalue weighted by Crippen LogP contribution is -2.00. The Balaban J connectivity index is 0.00000162. The SMILES string of the molecule is COc1nn(C)cc1NCc1cn(C)nc1C.Cl. The zero-order valence-electron chi connectivity index (χ0n) is 11.0. The van der Waals surface area contributed by atoms with Crippen LogP contribution >= 0.6 is 12.4 Å². The van der Waals surface area contributed by atoms with Crippen molar-refractivity contribution in [1.29, 1.82) is 0 Å². The molecule has 2 rings (SSSR count). The molecule has 0 atom stereocenters. The van der Waals surface area contributed by atoms with Crippen molar-refractivity contribution >= 4 is 18.1 Å². The second-order valence-corrected chi connectivity index (χ2v) is 3.99. The summed E-state index contributed by atoms with van der Waals surface area (Å²) in [6, 6.07) is 0. The fourth-order valence-corrected chi connectivity index (χ4v) is 1.75. The van der Waals surface area contributed by atoms with Crippen LogP contribution in [0.15, 0.2) is 12.4 Å². The summed E-state index contributed by atoms with van der Waals surface area (Å²) in [7, 11) is 5.40. The molecular weight excluding hydrogens is 254 g/mol. The van der Waals surface area contributed by atoms with E-state index in [1.807, 2.05) is 38.1 Å². The van der Waals surface area contributed by atoms with Crippen LogP contribution in [0, 0.1) is 6.92 Å². The first kappa shape index (κ1) is 14.4. The summed E-state index contributed by atoms with van der Waals surface area (Å²) in [5.74, 6) is 0.606. The van der Waals surface area contributed by atoms with E-state index in [2.05, 4.69) is 15.5 Å². The lowest BCUT2D eigenvalue weighted by Gasteiger charge is -2.04. The standard InChI is InChI=1S/C11H17N5O.ClH/c1-8-9(6-15(2)13-8)5-12-10-7-16(3)14-11(10)17-4;/h6-7,12H,5H2,1-4H3;1H. The molecule has 6 nitrogen and oxygen atoms in total. The smallest absolute Gasteiger partial charge is 0.256 e. The van der Waals surface area contributed by atoms with Crippen molar-refractivity contribution in [3.63, 3.8) is 0 Å². The first-order chi connectivity index (χ1) is 8.10. The molecule has 100 valence electrons. The van der Waals surface area contributed by atoms with Crippen LogP contribution in [0.1, 0.15) is 11.3 Å². The number of ether oxygens (including phenoxy) is 1. The Morgan fingerprint density at radius 1 is 1.22 bits per heavy atom. The van der Waals surface area contributed by atoms with Gasteiger partial charge < -0.3 is 10.1 Å². The molecule has 0 saturated carbocycles. The molecule has 7 heteroatoms. The predicted octanol–water partition coefficient (Wildman–Crippen LogP) is 1.50. The third-order valence-electron chi connectivity index (χ3n) is 2.57. The summed E-state index contributed by atoms with van der Waals surface area (Å²) in [5.41, 5.74) is 3.08. The van der Waals surface area contributed by atoms with Gasteiger partial charge in [-0.05, 0) is 6.92 Å². The molecule has 0 aromatic carbocycles. The van der Waals surface area contributed by atoms with E-state index in [1.165, 1.54) is 5.56 Å². The number of rotatable bonds is 4. The molecule has 0 aliphatic heterocycles. The number of hydrogen-bond donors (Lipinski definition) is 1. The number of anilines is 1. The Morgan fingerprint density at radius 3 is 2.44 bits per heavy atom. The second kappa shape index (κ2) is 5.77. The van der Waals surface area contributed by atoms with Crippen LogP contribution in [0.25, 0.3) is 0 Å². The van der Waals surface area contributed by atoms with Gasteiger partial charge in [-0.15, -0.1) is 17.5 Å². The van der Waals surface area contributed by atoms with E-state index < -0.39 is 0 Å². The highest BCUT2D eigenvalue weighted by Crippen LogP contribution is 2.21. The van der Waals surface area contributed by atoms with Gasteiger partial charge in [-0.1, -0.05) is 0 Å². The highest BCUT2D eigenvalue weighted by molar-refractivity contribution is 5.85. The van der Waals surface area contributed by atoms with Gasteiger partial charge in [0.25, 0.3) is 5.88 Å². The maximum atomic E-state index is 5.17. The van der Waals surface area contributed by atoms with Gasteiger partial charge in [-0.3, -0.25) is 9.36 Å². The molecule has 0 aliphatic rings. The summed E-state index contributed by atoms with van der Waals surface area (Å²) in [6.07, 6.45) is 3.90. The van der Waals surface area contributed by atoms with Crippen molar-refractivity contribution in [2.24, 2.45) is 14.1 Å². The molecule has 0 fully saturated rings. The third-order valence-corrected chi connectivity index (χ3v) is 2.57. The molecule has 0 saturated heterocycles. The molecular formula is C11H18ClN5O. The second-order valence-electron chi connectivity index (χ2n) is 3.99. The minimum Gasteiger partial charge on any atom is -0.478 e. The lowest BCUT2D eigenvalue weighted by atomic mass is 10.2. The lowest BCUT2D eigenvalue weighted by molar-refractivity contribution is 0.393. The molecule has 18 heavy (non-hydrogen) atoms. The molecule has 2 aromatic heterocycles. The van der Waals surface area contributed by atoms with E-state index in [4.69, 9.17) is 4.74 Å². The molecule has 0 radical (unpaired) electrons. The van der Waals surface area contributed by atoms with Crippen LogP contribution in [0.3, 0.4) is 0 Å². The fraction of sp³-hybridized carbons (Fsp3) is 0.455. The van der Waals surface area contributed by atoms with Crippen LogP contribution in [0.4, 0.5) is 5.69 Å². The number of methoxy groups -OCH3 is 1. The zero-order chi connectivity index (χ0) is 12.4. The zero-order valence-corrected chi connectivity index (χ0v) is 11.8. The monoisotopic (exact) mass is 271 g/mol. The van der Waals surface area contributed by atoms with Gasteiger partial charge in [0.05, 0.1) is 19.0 Å². The van der Waals surface area contributed by atoms with E-state index >= 15 is 0 Å². The Morgan fingerprint density at radius 2 is 1.89 bits per heavy atom. The Bertz CT molecular complexity index is 519. The van der Waals surface area contributed by atoms with Crippen molar-refractivity contribution < 1.29 is 4.74 Å². The molecule has 0 aliphatic carbocycles. The topological polar surface area (TPSA) is 56.9 Å². The van der Waals surface area contributed by atoms with Gasteiger partial charge >= 0.3 is 0 Å².